The van der Waals surface area contributed by atoms with Crippen LogP contribution in [0, 0.1) is 0 Å². The first-order chi connectivity index (χ1) is 9.60. The molecule has 0 aromatic heterocycles. The lowest BCUT2D eigenvalue weighted by atomic mass is 10.1. The number of halogens is 2. The van der Waals surface area contributed by atoms with E-state index in [0.717, 1.165) is 12.3 Å². The molecule has 1 N–H and O–H groups in total. The van der Waals surface area contributed by atoms with Crippen molar-refractivity contribution in [2.24, 2.45) is 0 Å². The monoisotopic (exact) mass is 309 g/mol. The van der Waals surface area contributed by atoms with Crippen LogP contribution in [0.3, 0.4) is 0 Å². The van der Waals surface area contributed by atoms with Gasteiger partial charge >= 0.3 is 0 Å². The molecule has 1 atom stereocenters. The SMILES string of the molecule is CCNC(C)c1ccc(Oc2ccc(Cl)c(Cl)c2)cc1. The normalized spacial score (nSPS) is 12.2. The van der Waals surface area contributed by atoms with E-state index >= 15 is 0 Å². The highest BCUT2D eigenvalue weighted by molar-refractivity contribution is 6.42. The van der Waals surface area contributed by atoms with E-state index in [1.54, 1.807) is 18.2 Å². The van der Waals surface area contributed by atoms with Gasteiger partial charge in [0, 0.05) is 12.1 Å². The van der Waals surface area contributed by atoms with Crippen molar-refractivity contribution in [2.45, 2.75) is 19.9 Å². The van der Waals surface area contributed by atoms with Crippen LogP contribution in [0.25, 0.3) is 0 Å². The molecule has 0 aliphatic rings. The zero-order valence-electron chi connectivity index (χ0n) is 11.5. The number of nitrogens with one attached hydrogen (secondary N) is 1. The Morgan fingerprint density at radius 3 is 2.25 bits per heavy atom. The van der Waals surface area contributed by atoms with E-state index < -0.39 is 0 Å². The van der Waals surface area contributed by atoms with Crippen LogP contribution in [0.2, 0.25) is 10.0 Å². The molecular formula is C16H17Cl2NO. The van der Waals surface area contributed by atoms with Crippen molar-refractivity contribution in [3.8, 4) is 11.5 Å². The van der Waals surface area contributed by atoms with E-state index in [1.807, 2.05) is 12.1 Å². The van der Waals surface area contributed by atoms with Crippen molar-refractivity contribution in [3.05, 3.63) is 58.1 Å². The summed E-state index contributed by atoms with van der Waals surface area (Å²) in [7, 11) is 0. The van der Waals surface area contributed by atoms with Gasteiger partial charge in [-0.25, -0.2) is 0 Å². The van der Waals surface area contributed by atoms with E-state index in [2.05, 4.69) is 31.3 Å². The second kappa shape index (κ2) is 6.98. The zero-order chi connectivity index (χ0) is 14.5. The predicted molar refractivity (Wildman–Crippen MR) is 85.1 cm³/mol. The van der Waals surface area contributed by atoms with E-state index in [0.29, 0.717) is 21.8 Å². The van der Waals surface area contributed by atoms with Gasteiger partial charge < -0.3 is 10.1 Å². The molecule has 0 fully saturated rings. The topological polar surface area (TPSA) is 21.3 Å². The molecule has 1 unspecified atom stereocenters. The van der Waals surface area contributed by atoms with Gasteiger partial charge in [-0.2, -0.15) is 0 Å². The minimum Gasteiger partial charge on any atom is -0.457 e. The highest BCUT2D eigenvalue weighted by Gasteiger charge is 2.05. The first kappa shape index (κ1) is 15.2. The lowest BCUT2D eigenvalue weighted by Crippen LogP contribution is -2.17. The first-order valence-electron chi connectivity index (χ1n) is 6.56. The number of rotatable bonds is 5. The zero-order valence-corrected chi connectivity index (χ0v) is 13.0. The van der Waals surface area contributed by atoms with Gasteiger partial charge in [0.15, 0.2) is 0 Å². The Morgan fingerprint density at radius 1 is 1.00 bits per heavy atom. The standard InChI is InChI=1S/C16H17Cl2NO/c1-3-19-11(2)12-4-6-13(7-5-12)20-14-8-9-15(17)16(18)10-14/h4-11,19H,3H2,1-2H3. The first-order valence-corrected chi connectivity index (χ1v) is 7.32. The fraction of sp³-hybridized carbons (Fsp3) is 0.250. The van der Waals surface area contributed by atoms with E-state index in [4.69, 9.17) is 27.9 Å². The van der Waals surface area contributed by atoms with Crippen LogP contribution >= 0.6 is 23.2 Å². The summed E-state index contributed by atoms with van der Waals surface area (Å²) in [6.07, 6.45) is 0. The summed E-state index contributed by atoms with van der Waals surface area (Å²) >= 11 is 11.8. The van der Waals surface area contributed by atoms with Crippen LogP contribution in [-0.4, -0.2) is 6.54 Å². The highest BCUT2D eigenvalue weighted by atomic mass is 35.5. The second-order valence-corrected chi connectivity index (χ2v) is 5.34. The summed E-state index contributed by atoms with van der Waals surface area (Å²) in [5, 5.41) is 4.38. The molecule has 0 amide bonds. The van der Waals surface area contributed by atoms with Gasteiger partial charge in [-0.3, -0.25) is 0 Å². The molecule has 4 heteroatoms. The summed E-state index contributed by atoms with van der Waals surface area (Å²) in [5.74, 6) is 1.45. The van der Waals surface area contributed by atoms with Crippen LogP contribution in [0.5, 0.6) is 11.5 Å². The second-order valence-electron chi connectivity index (χ2n) is 4.53. The summed E-state index contributed by atoms with van der Waals surface area (Å²) < 4.78 is 5.75. The van der Waals surface area contributed by atoms with Gasteiger partial charge in [-0.1, -0.05) is 42.3 Å². The Bertz CT molecular complexity index is 569. The van der Waals surface area contributed by atoms with Crippen molar-refractivity contribution in [3.63, 3.8) is 0 Å². The van der Waals surface area contributed by atoms with Gasteiger partial charge in [0.25, 0.3) is 0 Å². The van der Waals surface area contributed by atoms with E-state index in [-0.39, 0.29) is 0 Å². The van der Waals surface area contributed by atoms with Crippen molar-refractivity contribution in [1.82, 2.24) is 5.32 Å². The maximum atomic E-state index is 5.96. The Morgan fingerprint density at radius 2 is 1.65 bits per heavy atom. The fourth-order valence-electron chi connectivity index (χ4n) is 1.93. The molecule has 2 aromatic carbocycles. The third-order valence-corrected chi connectivity index (χ3v) is 3.76. The fourth-order valence-corrected chi connectivity index (χ4v) is 2.21. The molecule has 0 saturated carbocycles. The number of benzene rings is 2. The average molecular weight is 310 g/mol. The Labute approximate surface area is 129 Å². The molecule has 0 bridgehead atoms. The number of ether oxygens (including phenoxy) is 1. The van der Waals surface area contributed by atoms with Gasteiger partial charge in [-0.05, 0) is 43.3 Å². The average Bonchev–Trinajstić information content (AvgIpc) is 2.44. The molecule has 0 radical (unpaired) electrons. The largest absolute Gasteiger partial charge is 0.457 e. The molecule has 0 spiro atoms. The summed E-state index contributed by atoms with van der Waals surface area (Å²) in [6, 6.07) is 13.6. The quantitative estimate of drug-likeness (QED) is 0.792. The Balaban J connectivity index is 2.08. The maximum Gasteiger partial charge on any atom is 0.129 e. The van der Waals surface area contributed by atoms with Crippen LogP contribution in [0.15, 0.2) is 42.5 Å². The van der Waals surface area contributed by atoms with E-state index in [1.165, 1.54) is 5.56 Å². The molecule has 2 aromatic rings. The van der Waals surface area contributed by atoms with Gasteiger partial charge in [-0.15, -0.1) is 0 Å². The lowest BCUT2D eigenvalue weighted by Gasteiger charge is -2.13. The molecule has 106 valence electrons. The Hall–Kier alpha value is -1.22. The molecule has 0 aliphatic heterocycles. The van der Waals surface area contributed by atoms with E-state index in [9.17, 15) is 0 Å². The third-order valence-electron chi connectivity index (χ3n) is 3.02. The summed E-state index contributed by atoms with van der Waals surface area (Å²) in [4.78, 5) is 0. The lowest BCUT2D eigenvalue weighted by molar-refractivity contribution is 0.482. The van der Waals surface area contributed by atoms with Crippen molar-refractivity contribution in [2.75, 3.05) is 6.54 Å². The van der Waals surface area contributed by atoms with Gasteiger partial charge in [0.1, 0.15) is 11.5 Å². The van der Waals surface area contributed by atoms with Crippen molar-refractivity contribution >= 4 is 23.2 Å². The van der Waals surface area contributed by atoms with Crippen molar-refractivity contribution in [1.29, 1.82) is 0 Å². The summed E-state index contributed by atoms with van der Waals surface area (Å²) in [6.45, 7) is 5.18. The van der Waals surface area contributed by atoms with Gasteiger partial charge in [0.05, 0.1) is 10.0 Å². The molecular weight excluding hydrogens is 293 g/mol. The van der Waals surface area contributed by atoms with Crippen LogP contribution in [-0.2, 0) is 0 Å². The molecule has 0 saturated heterocycles. The summed E-state index contributed by atoms with van der Waals surface area (Å²) in [5.41, 5.74) is 1.23. The van der Waals surface area contributed by atoms with Crippen LogP contribution in [0.1, 0.15) is 25.5 Å². The third kappa shape index (κ3) is 3.89. The molecule has 20 heavy (non-hydrogen) atoms. The molecule has 2 nitrogen and oxygen atoms in total. The minimum atomic E-state index is 0.332. The van der Waals surface area contributed by atoms with Gasteiger partial charge in [0.2, 0.25) is 0 Å². The predicted octanol–water partition coefficient (Wildman–Crippen LogP) is 5.46. The van der Waals surface area contributed by atoms with Crippen LogP contribution < -0.4 is 10.1 Å². The Kier molecular flexibility index (Phi) is 5.30. The number of hydrogen-bond donors (Lipinski definition) is 1. The number of hydrogen-bond acceptors (Lipinski definition) is 2. The molecule has 2 rings (SSSR count). The van der Waals surface area contributed by atoms with Crippen molar-refractivity contribution < 1.29 is 4.74 Å². The maximum absolute atomic E-state index is 5.96. The minimum absolute atomic E-state index is 0.332. The smallest absolute Gasteiger partial charge is 0.129 e. The molecule has 0 heterocycles. The highest BCUT2D eigenvalue weighted by Crippen LogP contribution is 2.29. The van der Waals surface area contributed by atoms with Crippen LogP contribution in [0.4, 0.5) is 0 Å². The molecule has 0 aliphatic carbocycles.